The van der Waals surface area contributed by atoms with Gasteiger partial charge in [0.2, 0.25) is 0 Å². The van der Waals surface area contributed by atoms with E-state index in [1.54, 1.807) is 12.1 Å². The molecule has 3 rings (SSSR count). The first-order valence-corrected chi connectivity index (χ1v) is 10.3. The number of amides is 1. The molecule has 0 spiro atoms. The van der Waals surface area contributed by atoms with E-state index in [4.69, 9.17) is 21.7 Å². The molecule has 1 aliphatic rings. The van der Waals surface area contributed by atoms with E-state index in [9.17, 15) is 19.5 Å². The molecule has 0 radical (unpaired) electrons. The van der Waals surface area contributed by atoms with Crippen molar-refractivity contribution in [1.29, 1.82) is 0 Å². The molecule has 1 aromatic carbocycles. The minimum Gasteiger partial charge on any atom is -0.481 e. The van der Waals surface area contributed by atoms with E-state index in [2.05, 4.69) is 13.8 Å². The molecule has 1 unspecified atom stereocenters. The summed E-state index contributed by atoms with van der Waals surface area (Å²) in [6, 6.07) is 9.89. The second-order valence-corrected chi connectivity index (χ2v) is 8.66. The number of nitrogens with zero attached hydrogens (tertiary/aromatic N) is 1. The lowest BCUT2D eigenvalue weighted by molar-refractivity contribution is -0.150. The van der Waals surface area contributed by atoms with Gasteiger partial charge in [0.25, 0.3) is 5.91 Å². The Morgan fingerprint density at radius 1 is 1.17 bits per heavy atom. The molecule has 1 amide bonds. The second-order valence-electron chi connectivity index (χ2n) is 6.98. The van der Waals surface area contributed by atoms with Crippen LogP contribution in [0.25, 0.3) is 17.4 Å². The molecule has 9 heteroatoms. The number of hydrogen-bond donors (Lipinski definition) is 2. The fraction of sp³-hybridized carbons (Fsp3) is 0.238. The van der Waals surface area contributed by atoms with E-state index in [1.807, 2.05) is 24.3 Å². The molecule has 30 heavy (non-hydrogen) atoms. The summed E-state index contributed by atoms with van der Waals surface area (Å²) in [5.41, 5.74) is 2.10. The van der Waals surface area contributed by atoms with Gasteiger partial charge >= 0.3 is 11.9 Å². The highest BCUT2D eigenvalue weighted by atomic mass is 32.2. The van der Waals surface area contributed by atoms with Crippen molar-refractivity contribution in [2.24, 2.45) is 0 Å². The number of carboxylic acids is 2. The molecule has 1 aromatic heterocycles. The fourth-order valence-electron chi connectivity index (χ4n) is 2.95. The number of hydrogen-bond acceptors (Lipinski definition) is 6. The predicted molar refractivity (Wildman–Crippen MR) is 117 cm³/mol. The first-order chi connectivity index (χ1) is 14.2. The number of benzene rings is 1. The van der Waals surface area contributed by atoms with Gasteiger partial charge in [-0.2, -0.15) is 0 Å². The van der Waals surface area contributed by atoms with Gasteiger partial charge in [0.15, 0.2) is 0 Å². The van der Waals surface area contributed by atoms with E-state index in [0.717, 1.165) is 22.2 Å². The standard InChI is InChI=1S/C21H19NO6S2/c1-11(2)12-3-5-13(6-4-12)16-8-7-14(28-16)9-17-19(25)22(21(29)30-17)15(20(26)27)10-18(23)24/h3-9,11,15H,10H2,1-2H3,(H,23,24)(H,26,27)/b17-9+. The maximum Gasteiger partial charge on any atom is 0.327 e. The lowest BCUT2D eigenvalue weighted by Gasteiger charge is -2.21. The fourth-order valence-corrected chi connectivity index (χ4v) is 4.29. The van der Waals surface area contributed by atoms with Gasteiger partial charge in [-0.05, 0) is 23.6 Å². The van der Waals surface area contributed by atoms with E-state index in [-0.39, 0.29) is 9.23 Å². The Bertz CT molecular complexity index is 1040. The van der Waals surface area contributed by atoms with E-state index < -0.39 is 30.3 Å². The number of carbonyl (C=O) groups is 3. The molecular formula is C21H19NO6S2. The third kappa shape index (κ3) is 4.63. The second kappa shape index (κ2) is 8.85. The third-order valence-electron chi connectivity index (χ3n) is 4.55. The molecule has 2 N–H and O–H groups in total. The van der Waals surface area contributed by atoms with Crippen LogP contribution in [0.5, 0.6) is 0 Å². The van der Waals surface area contributed by atoms with Crippen LogP contribution in [0.4, 0.5) is 0 Å². The van der Waals surface area contributed by atoms with Crippen LogP contribution in [0, 0.1) is 0 Å². The molecule has 7 nitrogen and oxygen atoms in total. The predicted octanol–water partition coefficient (Wildman–Crippen LogP) is 4.20. The molecule has 0 bridgehead atoms. The van der Waals surface area contributed by atoms with Gasteiger partial charge in [-0.3, -0.25) is 14.5 Å². The summed E-state index contributed by atoms with van der Waals surface area (Å²) >= 11 is 6.03. The van der Waals surface area contributed by atoms with Gasteiger partial charge in [0, 0.05) is 11.6 Å². The first kappa shape index (κ1) is 21.8. The van der Waals surface area contributed by atoms with Gasteiger partial charge in [0.1, 0.15) is 21.9 Å². The lowest BCUT2D eigenvalue weighted by atomic mass is 10.0. The monoisotopic (exact) mass is 445 g/mol. The molecular weight excluding hydrogens is 426 g/mol. The Hall–Kier alpha value is -2.91. The van der Waals surface area contributed by atoms with Crippen molar-refractivity contribution in [2.75, 3.05) is 0 Å². The molecule has 156 valence electrons. The van der Waals surface area contributed by atoms with Crippen LogP contribution in [0.1, 0.15) is 37.5 Å². The van der Waals surface area contributed by atoms with Gasteiger partial charge in [0.05, 0.1) is 11.3 Å². The average molecular weight is 446 g/mol. The van der Waals surface area contributed by atoms with Crippen molar-refractivity contribution < 1.29 is 29.0 Å². The molecule has 1 fully saturated rings. The number of carbonyl (C=O) groups excluding carboxylic acids is 1. The Morgan fingerprint density at radius 2 is 1.83 bits per heavy atom. The van der Waals surface area contributed by atoms with Crippen molar-refractivity contribution in [2.45, 2.75) is 32.2 Å². The van der Waals surface area contributed by atoms with Gasteiger partial charge in [-0.25, -0.2) is 4.79 Å². The summed E-state index contributed by atoms with van der Waals surface area (Å²) in [5, 5.41) is 18.3. The average Bonchev–Trinajstić information content (AvgIpc) is 3.25. The van der Waals surface area contributed by atoms with Crippen molar-refractivity contribution in [3.05, 3.63) is 52.6 Å². The quantitative estimate of drug-likeness (QED) is 0.482. The zero-order valence-electron chi connectivity index (χ0n) is 16.2. The SMILES string of the molecule is CC(C)c1ccc(-c2ccc(/C=C3/SC(=S)N(C(CC(=O)O)C(=O)O)C3=O)o2)cc1. The molecule has 2 aromatic rings. The summed E-state index contributed by atoms with van der Waals surface area (Å²) in [7, 11) is 0. The van der Waals surface area contributed by atoms with Crippen molar-refractivity contribution in [3.63, 3.8) is 0 Å². The van der Waals surface area contributed by atoms with Crippen LogP contribution in [0.3, 0.4) is 0 Å². The molecule has 2 heterocycles. The lowest BCUT2D eigenvalue weighted by Crippen LogP contribution is -2.45. The van der Waals surface area contributed by atoms with E-state index in [1.165, 1.54) is 11.6 Å². The third-order valence-corrected chi connectivity index (χ3v) is 5.88. The van der Waals surface area contributed by atoms with Crippen LogP contribution >= 0.6 is 24.0 Å². The Morgan fingerprint density at radius 3 is 2.40 bits per heavy atom. The van der Waals surface area contributed by atoms with Crippen LogP contribution in [-0.2, 0) is 14.4 Å². The maximum atomic E-state index is 12.7. The van der Waals surface area contributed by atoms with Gasteiger partial charge in [-0.15, -0.1) is 0 Å². The first-order valence-electron chi connectivity index (χ1n) is 9.09. The van der Waals surface area contributed by atoms with Crippen molar-refractivity contribution in [3.8, 4) is 11.3 Å². The Kier molecular flexibility index (Phi) is 6.42. The van der Waals surface area contributed by atoms with Crippen molar-refractivity contribution in [1.82, 2.24) is 4.90 Å². The van der Waals surface area contributed by atoms with Gasteiger partial charge in [-0.1, -0.05) is 62.1 Å². The summed E-state index contributed by atoms with van der Waals surface area (Å²) in [4.78, 5) is 36.1. The highest BCUT2D eigenvalue weighted by Gasteiger charge is 2.41. The van der Waals surface area contributed by atoms with Crippen LogP contribution in [0.2, 0.25) is 0 Å². The molecule has 1 saturated heterocycles. The largest absolute Gasteiger partial charge is 0.481 e. The van der Waals surface area contributed by atoms with Crippen LogP contribution in [-0.4, -0.2) is 43.3 Å². The number of rotatable bonds is 7. The maximum absolute atomic E-state index is 12.7. The zero-order chi connectivity index (χ0) is 22.0. The van der Waals surface area contributed by atoms with E-state index in [0.29, 0.717) is 17.4 Å². The topological polar surface area (TPSA) is 108 Å². The smallest absolute Gasteiger partial charge is 0.327 e. The zero-order valence-corrected chi connectivity index (χ0v) is 17.8. The molecule has 1 atom stereocenters. The summed E-state index contributed by atoms with van der Waals surface area (Å²) in [5.74, 6) is -1.97. The number of carboxylic acid groups (broad SMARTS) is 2. The minimum atomic E-state index is -1.56. The molecule has 0 saturated carbocycles. The number of thioether (sulfide) groups is 1. The number of furan rings is 1. The number of aliphatic carboxylic acids is 2. The van der Waals surface area contributed by atoms with E-state index >= 15 is 0 Å². The summed E-state index contributed by atoms with van der Waals surface area (Å²) in [6.07, 6.45) is 0.733. The molecule has 0 aliphatic carbocycles. The minimum absolute atomic E-state index is 0.00375. The van der Waals surface area contributed by atoms with Crippen molar-refractivity contribution >= 4 is 52.2 Å². The number of thiocarbonyl (C=S) groups is 1. The summed E-state index contributed by atoms with van der Waals surface area (Å²) < 4.78 is 5.81. The summed E-state index contributed by atoms with van der Waals surface area (Å²) in [6.45, 7) is 4.23. The van der Waals surface area contributed by atoms with Crippen LogP contribution < -0.4 is 0 Å². The normalized spacial score (nSPS) is 16.5. The molecule has 1 aliphatic heterocycles. The van der Waals surface area contributed by atoms with Crippen LogP contribution in [0.15, 0.2) is 45.7 Å². The highest BCUT2D eigenvalue weighted by molar-refractivity contribution is 8.26. The highest BCUT2D eigenvalue weighted by Crippen LogP contribution is 2.35. The Balaban J connectivity index is 1.82. The van der Waals surface area contributed by atoms with Gasteiger partial charge < -0.3 is 14.6 Å². The Labute approximate surface area is 182 Å².